The average Bonchev–Trinajstić information content (AvgIpc) is 4.07. The lowest BCUT2D eigenvalue weighted by atomic mass is 10.2. The van der Waals surface area contributed by atoms with E-state index < -0.39 is 0 Å². The molecule has 0 fully saturated rings. The molecule has 0 aliphatic heterocycles. The van der Waals surface area contributed by atoms with Crippen LogP contribution in [0.15, 0.2) is 41.6 Å². The van der Waals surface area contributed by atoms with Gasteiger partial charge in [0.2, 0.25) is 5.89 Å². The summed E-state index contributed by atoms with van der Waals surface area (Å²) in [6, 6.07) is 4.11. The van der Waals surface area contributed by atoms with Crippen LogP contribution in [0.5, 0.6) is 0 Å². The lowest BCUT2D eigenvalue weighted by Crippen LogP contribution is -1.92. The second-order valence-corrected chi connectivity index (χ2v) is 14.9. The number of rotatable bonds is 0. The highest BCUT2D eigenvalue weighted by molar-refractivity contribution is 5.21. The van der Waals surface area contributed by atoms with Gasteiger partial charge in [0.15, 0.2) is 5.82 Å². The van der Waals surface area contributed by atoms with E-state index in [0.717, 1.165) is 46.1 Å². The van der Waals surface area contributed by atoms with Crippen LogP contribution in [0.4, 0.5) is 0 Å². The summed E-state index contributed by atoms with van der Waals surface area (Å²) in [5, 5.41) is 28.0. The third-order valence-electron chi connectivity index (χ3n) is 8.81. The number of hydrogen-bond donors (Lipinski definition) is 0. The van der Waals surface area contributed by atoms with Gasteiger partial charge >= 0.3 is 0 Å². The minimum atomic E-state index is 0.623. The van der Waals surface area contributed by atoms with Crippen molar-refractivity contribution in [3.63, 3.8) is 0 Å². The molecule has 0 spiro atoms. The third-order valence-corrected chi connectivity index (χ3v) is 8.81. The maximum atomic E-state index is 4.60. The number of hydrogen-bond acceptors (Lipinski definition) is 12. The predicted octanol–water partition coefficient (Wildman–Crippen LogP) is 6.43. The number of aryl methyl sites for hydroxylation is 20. The van der Waals surface area contributed by atoms with Crippen molar-refractivity contribution in [2.45, 2.75) is 104 Å². The van der Waals surface area contributed by atoms with E-state index in [2.05, 4.69) is 86.2 Å². The standard InChI is InChI=1S/C7H12N2.2C6H10N2.2C5H9N3.2C5H8N2.C4H6N2O/c1-5-6(2)8-9(4)7(5)3;2*1-5-4-6(2)8(3)7-5;2*1-4-6-5(2)8(3)7-4;1-5-3-7(2)4-6-5;1-5-3-6-7(2)4-5;1-3-5-4(2)7-6-3/h1-4H3;2*4H,1-3H3;2*1-3H3;2*3-4H,1-2H3;1-2H3. The molecule has 340 valence electrons. The smallest absolute Gasteiger partial charge is 0.223 e. The van der Waals surface area contributed by atoms with Crippen LogP contribution in [0.25, 0.3) is 0 Å². The van der Waals surface area contributed by atoms with Gasteiger partial charge in [-0.05, 0) is 120 Å². The molecule has 0 N–H and O–H groups in total. The lowest BCUT2D eigenvalue weighted by molar-refractivity contribution is 0.389. The molecular formula is C43H72N18O. The van der Waals surface area contributed by atoms with Gasteiger partial charge in [-0.1, -0.05) is 5.16 Å². The van der Waals surface area contributed by atoms with E-state index in [0.29, 0.717) is 11.7 Å². The second kappa shape index (κ2) is 25.9. The first-order valence-corrected chi connectivity index (χ1v) is 20.1. The topological polar surface area (TPSA) is 189 Å². The van der Waals surface area contributed by atoms with Gasteiger partial charge in [-0.2, -0.15) is 35.6 Å². The summed E-state index contributed by atoms with van der Waals surface area (Å²) >= 11 is 0. The molecule has 8 aromatic heterocycles. The van der Waals surface area contributed by atoms with Gasteiger partial charge in [-0.15, -0.1) is 0 Å². The summed E-state index contributed by atoms with van der Waals surface area (Å²) in [6.07, 6.45) is 7.56. The highest BCUT2D eigenvalue weighted by Gasteiger charge is 2.01. The summed E-state index contributed by atoms with van der Waals surface area (Å²) < 4.78 is 17.5. The van der Waals surface area contributed by atoms with E-state index in [9.17, 15) is 0 Å². The van der Waals surface area contributed by atoms with Gasteiger partial charge in [0.25, 0.3) is 0 Å². The van der Waals surface area contributed by atoms with E-state index in [-0.39, 0.29) is 0 Å². The van der Waals surface area contributed by atoms with Crippen LogP contribution in [0.3, 0.4) is 0 Å². The molecule has 0 radical (unpaired) electrons. The predicted molar refractivity (Wildman–Crippen MR) is 243 cm³/mol. The molecule has 8 heterocycles. The summed E-state index contributed by atoms with van der Waals surface area (Å²) in [4.78, 5) is 15.9. The van der Waals surface area contributed by atoms with Crippen LogP contribution < -0.4 is 0 Å². The number of imidazole rings is 1. The Hall–Kier alpha value is -6.53. The lowest BCUT2D eigenvalue weighted by Gasteiger charge is -1.90. The molecule has 0 saturated heterocycles. The van der Waals surface area contributed by atoms with Gasteiger partial charge in [-0.3, -0.25) is 28.1 Å². The van der Waals surface area contributed by atoms with Crippen molar-refractivity contribution >= 4 is 0 Å². The van der Waals surface area contributed by atoms with Gasteiger partial charge in [-0.25, -0.2) is 15.0 Å². The zero-order valence-electron chi connectivity index (χ0n) is 41.4. The fraction of sp³-hybridized carbons (Fsp3) is 0.512. The van der Waals surface area contributed by atoms with Crippen LogP contribution in [-0.4, -0.2) is 88.3 Å². The molecule has 19 nitrogen and oxygen atoms in total. The van der Waals surface area contributed by atoms with Crippen molar-refractivity contribution in [1.82, 2.24) is 88.3 Å². The molecule has 0 saturated carbocycles. The first-order chi connectivity index (χ1) is 28.8. The molecule has 62 heavy (non-hydrogen) atoms. The van der Waals surface area contributed by atoms with Gasteiger partial charge in [0, 0.05) is 85.7 Å². The average molecular weight is 857 g/mol. The molecule has 19 heteroatoms. The van der Waals surface area contributed by atoms with Gasteiger partial charge < -0.3 is 9.09 Å². The van der Waals surface area contributed by atoms with Crippen molar-refractivity contribution in [1.29, 1.82) is 0 Å². The zero-order valence-corrected chi connectivity index (χ0v) is 41.4. The van der Waals surface area contributed by atoms with Crippen LogP contribution in [-0.2, 0) is 49.3 Å². The Balaban J connectivity index is 0.000000355. The van der Waals surface area contributed by atoms with E-state index in [1.54, 1.807) is 34.2 Å². The fourth-order valence-corrected chi connectivity index (χ4v) is 5.08. The quantitative estimate of drug-likeness (QED) is 0.163. The Morgan fingerprint density at radius 1 is 0.484 bits per heavy atom. The van der Waals surface area contributed by atoms with Gasteiger partial charge in [0.05, 0.1) is 35.3 Å². The largest absolute Gasteiger partial charge is 0.340 e. The SMILES string of the molecule is Cc1cc(C)n(C)n1.Cc1cc(C)n(C)n1.Cc1cn(C)cn1.Cc1cnn(C)c1.Cc1nc(C)n(C)n1.Cc1nc(C)n(C)n1.Cc1nn(C)c(C)c1C.Cc1noc(C)n1. The first kappa shape index (κ1) is 53.5. The maximum Gasteiger partial charge on any atom is 0.223 e. The first-order valence-electron chi connectivity index (χ1n) is 20.1. The second-order valence-electron chi connectivity index (χ2n) is 14.9. The molecule has 0 unspecified atom stereocenters. The molecule has 0 atom stereocenters. The van der Waals surface area contributed by atoms with Crippen molar-refractivity contribution in [2.75, 3.05) is 0 Å². The Morgan fingerprint density at radius 2 is 0.968 bits per heavy atom. The summed E-state index contributed by atoms with van der Waals surface area (Å²) in [5.74, 6) is 4.91. The highest BCUT2D eigenvalue weighted by atomic mass is 16.5. The Bertz CT molecular complexity index is 2060. The molecule has 0 amide bonds. The van der Waals surface area contributed by atoms with Crippen molar-refractivity contribution < 1.29 is 4.52 Å². The Kier molecular flexibility index (Phi) is 22.4. The summed E-state index contributed by atoms with van der Waals surface area (Å²) in [6.45, 7) is 29.4. The molecule has 0 aliphatic carbocycles. The summed E-state index contributed by atoms with van der Waals surface area (Å²) in [7, 11) is 13.5. The van der Waals surface area contributed by atoms with Crippen LogP contribution in [0, 0.1) is 104 Å². The molecule has 0 aliphatic rings. The molecule has 0 bridgehead atoms. The third kappa shape index (κ3) is 20.6. The Morgan fingerprint density at radius 3 is 1.06 bits per heavy atom. The molecule has 8 aromatic rings. The number of aromatic nitrogens is 18. The molecule has 8 rings (SSSR count). The van der Waals surface area contributed by atoms with E-state index in [1.165, 1.54) is 28.2 Å². The van der Waals surface area contributed by atoms with E-state index in [4.69, 9.17) is 0 Å². The van der Waals surface area contributed by atoms with Crippen LogP contribution >= 0.6 is 0 Å². The van der Waals surface area contributed by atoms with Gasteiger partial charge in [0.1, 0.15) is 23.3 Å². The molecular weight excluding hydrogens is 785 g/mol. The Labute approximate surface area is 368 Å². The minimum Gasteiger partial charge on any atom is -0.340 e. The van der Waals surface area contributed by atoms with Crippen LogP contribution in [0.1, 0.15) is 86.0 Å². The normalized spacial score (nSPS) is 9.77. The zero-order chi connectivity index (χ0) is 47.4. The molecule has 0 aromatic carbocycles. The van der Waals surface area contributed by atoms with Crippen molar-refractivity contribution in [3.8, 4) is 0 Å². The van der Waals surface area contributed by atoms with Crippen LogP contribution in [0.2, 0.25) is 0 Å². The van der Waals surface area contributed by atoms with Crippen molar-refractivity contribution in [3.05, 3.63) is 123 Å². The minimum absolute atomic E-state index is 0.623. The summed E-state index contributed by atoms with van der Waals surface area (Å²) in [5.41, 5.74) is 10.6. The highest BCUT2D eigenvalue weighted by Crippen LogP contribution is 2.08. The van der Waals surface area contributed by atoms with Crippen molar-refractivity contribution in [2.24, 2.45) is 49.3 Å². The maximum absolute atomic E-state index is 4.60. The van der Waals surface area contributed by atoms with E-state index in [1.807, 2.05) is 163 Å². The number of nitrogens with zero attached hydrogens (tertiary/aromatic N) is 18. The van der Waals surface area contributed by atoms with E-state index >= 15 is 0 Å². The monoisotopic (exact) mass is 857 g/mol. The fourth-order valence-electron chi connectivity index (χ4n) is 5.08.